The highest BCUT2D eigenvalue weighted by Gasteiger charge is 2.21. The van der Waals surface area contributed by atoms with Gasteiger partial charge in [0, 0.05) is 11.5 Å². The quantitative estimate of drug-likeness (QED) is 0.629. The van der Waals surface area contributed by atoms with Gasteiger partial charge in [-0.3, -0.25) is 5.41 Å². The molecule has 0 aliphatic carbocycles. The average Bonchev–Trinajstić information content (AvgIpc) is 2.23. The Kier molecular flexibility index (Phi) is 4.34. The molecule has 5 heteroatoms. The van der Waals surface area contributed by atoms with Gasteiger partial charge in [0.15, 0.2) is 0 Å². The molecular weight excluding hydrogens is 243 g/mol. The first-order chi connectivity index (χ1) is 7.83. The number of rotatable bonds is 5. The zero-order valence-corrected chi connectivity index (χ0v) is 10.6. The first kappa shape index (κ1) is 13.8. The minimum absolute atomic E-state index is 0.0708. The van der Waals surface area contributed by atoms with Gasteiger partial charge >= 0.3 is 0 Å². The van der Waals surface area contributed by atoms with Crippen molar-refractivity contribution in [2.24, 2.45) is 11.1 Å². The lowest BCUT2D eigenvalue weighted by Gasteiger charge is -2.22. The van der Waals surface area contributed by atoms with Crippen LogP contribution < -0.4 is 10.5 Å². The van der Waals surface area contributed by atoms with E-state index < -0.39 is 11.2 Å². The lowest BCUT2D eigenvalue weighted by molar-refractivity contribution is 0.268. The van der Waals surface area contributed by atoms with Crippen molar-refractivity contribution in [3.8, 4) is 5.75 Å². The van der Waals surface area contributed by atoms with Crippen molar-refractivity contribution in [2.45, 2.75) is 20.3 Å². The molecule has 0 aromatic heterocycles. The SMILES string of the molecule is CC(C)(CCOc1ccc(Cl)c(F)c1)C(=N)N. The standard InChI is InChI=1S/C12H16ClFN2O/c1-12(2,11(15)16)5-6-17-8-3-4-9(13)10(14)7-8/h3-4,7H,5-6H2,1-2H3,(H3,15,16). The fourth-order valence-electron chi connectivity index (χ4n) is 1.13. The second-order valence-electron chi connectivity index (χ2n) is 4.47. The van der Waals surface area contributed by atoms with Crippen molar-refractivity contribution in [2.75, 3.05) is 6.61 Å². The molecule has 0 fully saturated rings. The van der Waals surface area contributed by atoms with E-state index in [9.17, 15) is 4.39 Å². The van der Waals surface area contributed by atoms with Crippen molar-refractivity contribution in [3.05, 3.63) is 29.0 Å². The van der Waals surface area contributed by atoms with Crippen LogP contribution in [0.5, 0.6) is 5.75 Å². The Labute approximate surface area is 105 Å². The predicted octanol–water partition coefficient (Wildman–Crippen LogP) is 3.21. The van der Waals surface area contributed by atoms with Crippen molar-refractivity contribution in [3.63, 3.8) is 0 Å². The zero-order valence-electron chi connectivity index (χ0n) is 9.89. The maximum absolute atomic E-state index is 13.1. The van der Waals surface area contributed by atoms with Crippen LogP contribution in [0.1, 0.15) is 20.3 Å². The van der Waals surface area contributed by atoms with Gasteiger partial charge in [0.05, 0.1) is 17.5 Å². The Bertz CT molecular complexity index is 421. The second kappa shape index (κ2) is 5.36. The molecular formula is C12H16ClFN2O. The number of nitrogens with two attached hydrogens (primary N) is 1. The van der Waals surface area contributed by atoms with Gasteiger partial charge < -0.3 is 10.5 Å². The highest BCUT2D eigenvalue weighted by molar-refractivity contribution is 6.30. The van der Waals surface area contributed by atoms with Gasteiger partial charge in [0.25, 0.3) is 0 Å². The maximum atomic E-state index is 13.1. The molecule has 0 heterocycles. The molecule has 0 aliphatic heterocycles. The van der Waals surface area contributed by atoms with Crippen molar-refractivity contribution < 1.29 is 9.13 Å². The lowest BCUT2D eigenvalue weighted by Crippen LogP contribution is -2.32. The van der Waals surface area contributed by atoms with E-state index in [4.69, 9.17) is 27.5 Å². The van der Waals surface area contributed by atoms with Crippen LogP contribution in [0.25, 0.3) is 0 Å². The molecule has 17 heavy (non-hydrogen) atoms. The van der Waals surface area contributed by atoms with E-state index in [0.29, 0.717) is 18.8 Å². The molecule has 0 radical (unpaired) electrons. The lowest BCUT2D eigenvalue weighted by atomic mass is 9.88. The molecule has 0 bridgehead atoms. The summed E-state index contributed by atoms with van der Waals surface area (Å²) in [6, 6.07) is 4.29. The van der Waals surface area contributed by atoms with Gasteiger partial charge in [-0.05, 0) is 18.6 Å². The zero-order chi connectivity index (χ0) is 13.1. The summed E-state index contributed by atoms with van der Waals surface area (Å²) >= 11 is 5.55. The first-order valence-corrected chi connectivity index (χ1v) is 5.63. The number of benzene rings is 1. The molecule has 0 unspecified atom stereocenters. The molecule has 0 saturated carbocycles. The molecule has 1 aromatic carbocycles. The van der Waals surface area contributed by atoms with E-state index in [1.807, 2.05) is 13.8 Å². The topological polar surface area (TPSA) is 59.1 Å². The Balaban J connectivity index is 2.51. The number of nitrogens with one attached hydrogen (secondary N) is 1. The third-order valence-corrected chi connectivity index (χ3v) is 2.92. The summed E-state index contributed by atoms with van der Waals surface area (Å²) in [5, 5.41) is 7.46. The second-order valence-corrected chi connectivity index (χ2v) is 4.88. The molecule has 0 amide bonds. The Morgan fingerprint density at radius 2 is 2.18 bits per heavy atom. The third kappa shape index (κ3) is 3.89. The number of halogens is 2. The Hall–Kier alpha value is -1.29. The summed E-state index contributed by atoms with van der Waals surface area (Å²) in [4.78, 5) is 0. The summed E-state index contributed by atoms with van der Waals surface area (Å²) in [7, 11) is 0. The van der Waals surface area contributed by atoms with Gasteiger partial charge in [0.1, 0.15) is 11.6 Å². The average molecular weight is 259 g/mol. The summed E-state index contributed by atoms with van der Waals surface area (Å²) in [6.07, 6.45) is 0.590. The van der Waals surface area contributed by atoms with E-state index in [1.165, 1.54) is 12.1 Å². The largest absolute Gasteiger partial charge is 0.493 e. The molecule has 1 rings (SSSR count). The normalized spacial score (nSPS) is 11.3. The van der Waals surface area contributed by atoms with Gasteiger partial charge in [-0.1, -0.05) is 25.4 Å². The van der Waals surface area contributed by atoms with Crippen LogP contribution in [0.15, 0.2) is 18.2 Å². The molecule has 1 aromatic rings. The van der Waals surface area contributed by atoms with Gasteiger partial charge in [-0.15, -0.1) is 0 Å². The summed E-state index contributed by atoms with van der Waals surface area (Å²) in [6.45, 7) is 4.09. The monoisotopic (exact) mass is 258 g/mol. The smallest absolute Gasteiger partial charge is 0.145 e. The number of amidine groups is 1. The van der Waals surface area contributed by atoms with E-state index in [1.54, 1.807) is 6.07 Å². The van der Waals surface area contributed by atoms with Crippen LogP contribution in [0, 0.1) is 16.6 Å². The summed E-state index contributed by atoms with van der Waals surface area (Å²) in [5.41, 5.74) is 5.03. The Morgan fingerprint density at radius 3 is 2.71 bits per heavy atom. The third-order valence-electron chi connectivity index (χ3n) is 2.62. The predicted molar refractivity (Wildman–Crippen MR) is 67.2 cm³/mol. The van der Waals surface area contributed by atoms with Crippen LogP contribution in [-0.2, 0) is 0 Å². The highest BCUT2D eigenvalue weighted by Crippen LogP contribution is 2.23. The molecule has 0 saturated heterocycles. The summed E-state index contributed by atoms with van der Waals surface area (Å²) < 4.78 is 18.5. The molecule has 3 nitrogen and oxygen atoms in total. The minimum atomic E-state index is -0.505. The van der Waals surface area contributed by atoms with E-state index in [2.05, 4.69) is 0 Å². The van der Waals surface area contributed by atoms with Crippen LogP contribution in [0.3, 0.4) is 0 Å². The fraction of sp³-hybridized carbons (Fsp3) is 0.417. The molecule has 0 aliphatic rings. The van der Waals surface area contributed by atoms with Crippen molar-refractivity contribution in [1.29, 1.82) is 5.41 Å². The van der Waals surface area contributed by atoms with Gasteiger partial charge in [0.2, 0.25) is 0 Å². The molecule has 3 N–H and O–H groups in total. The van der Waals surface area contributed by atoms with Crippen molar-refractivity contribution in [1.82, 2.24) is 0 Å². The van der Waals surface area contributed by atoms with E-state index in [-0.39, 0.29) is 10.9 Å². The minimum Gasteiger partial charge on any atom is -0.493 e. The molecule has 0 spiro atoms. The van der Waals surface area contributed by atoms with E-state index >= 15 is 0 Å². The highest BCUT2D eigenvalue weighted by atomic mass is 35.5. The van der Waals surface area contributed by atoms with Crippen molar-refractivity contribution >= 4 is 17.4 Å². The fourth-order valence-corrected chi connectivity index (χ4v) is 1.24. The molecule has 0 atom stereocenters. The first-order valence-electron chi connectivity index (χ1n) is 5.25. The number of hydrogen-bond donors (Lipinski definition) is 2. The van der Waals surface area contributed by atoms with Gasteiger partial charge in [-0.2, -0.15) is 0 Å². The number of hydrogen-bond acceptors (Lipinski definition) is 2. The van der Waals surface area contributed by atoms with Crippen LogP contribution in [0.2, 0.25) is 5.02 Å². The Morgan fingerprint density at radius 1 is 1.53 bits per heavy atom. The van der Waals surface area contributed by atoms with E-state index in [0.717, 1.165) is 0 Å². The number of ether oxygens (including phenoxy) is 1. The van der Waals surface area contributed by atoms with Crippen LogP contribution in [-0.4, -0.2) is 12.4 Å². The van der Waals surface area contributed by atoms with Crippen LogP contribution in [0.4, 0.5) is 4.39 Å². The van der Waals surface area contributed by atoms with Crippen LogP contribution >= 0.6 is 11.6 Å². The summed E-state index contributed by atoms with van der Waals surface area (Å²) in [5.74, 6) is 0.0321. The molecule has 94 valence electrons. The maximum Gasteiger partial charge on any atom is 0.145 e. The van der Waals surface area contributed by atoms with Gasteiger partial charge in [-0.25, -0.2) is 4.39 Å².